The number of nitrogens with one attached hydrogen (secondary N) is 1. The predicted molar refractivity (Wildman–Crippen MR) is 84.0 cm³/mol. The van der Waals surface area contributed by atoms with Crippen LogP contribution in [0.4, 0.5) is 5.69 Å². The number of aryl methyl sites for hydroxylation is 1. The summed E-state index contributed by atoms with van der Waals surface area (Å²) in [6.45, 7) is 3.69. The zero-order valence-electron chi connectivity index (χ0n) is 11.4. The molecule has 104 valence electrons. The maximum Gasteiger partial charge on any atom is 0.265 e. The molecule has 0 aliphatic heterocycles. The molecule has 0 unspecified atom stereocenters. The van der Waals surface area contributed by atoms with Gasteiger partial charge in [-0.1, -0.05) is 40.2 Å². The summed E-state index contributed by atoms with van der Waals surface area (Å²) in [5.74, 6) is 0.552. The molecule has 2 rings (SSSR count). The van der Waals surface area contributed by atoms with Gasteiger partial charge in [0.25, 0.3) is 5.91 Å². The number of amides is 1. The van der Waals surface area contributed by atoms with E-state index in [-0.39, 0.29) is 5.91 Å². The maximum atomic E-state index is 12.1. The van der Waals surface area contributed by atoms with E-state index in [1.807, 2.05) is 55.5 Å². The van der Waals surface area contributed by atoms with Crippen molar-refractivity contribution in [1.29, 1.82) is 0 Å². The lowest BCUT2D eigenvalue weighted by Gasteiger charge is -2.16. The van der Waals surface area contributed by atoms with Crippen LogP contribution >= 0.6 is 15.9 Å². The molecule has 0 spiro atoms. The molecule has 0 saturated carbocycles. The summed E-state index contributed by atoms with van der Waals surface area (Å²) in [5, 5.41) is 2.83. The number of halogens is 1. The number of para-hydroxylation sites is 1. The molecule has 3 nitrogen and oxygen atoms in total. The highest BCUT2D eigenvalue weighted by molar-refractivity contribution is 9.10. The van der Waals surface area contributed by atoms with Gasteiger partial charge in [0.1, 0.15) is 5.75 Å². The van der Waals surface area contributed by atoms with E-state index in [0.29, 0.717) is 0 Å². The molecule has 0 radical (unpaired) electrons. The lowest BCUT2D eigenvalue weighted by molar-refractivity contribution is -0.122. The summed E-state index contributed by atoms with van der Waals surface area (Å²) >= 11 is 3.37. The monoisotopic (exact) mass is 333 g/mol. The Labute approximate surface area is 127 Å². The fourth-order valence-electron chi connectivity index (χ4n) is 1.74. The molecule has 4 heteroatoms. The Kier molecular flexibility index (Phi) is 4.79. The zero-order chi connectivity index (χ0) is 14.5. The van der Waals surface area contributed by atoms with Crippen LogP contribution in [0.1, 0.15) is 12.5 Å². The van der Waals surface area contributed by atoms with Gasteiger partial charge in [-0.15, -0.1) is 0 Å². The highest BCUT2D eigenvalue weighted by atomic mass is 79.9. The number of carbonyl (C=O) groups is 1. The van der Waals surface area contributed by atoms with E-state index < -0.39 is 6.10 Å². The minimum atomic E-state index is -0.560. The van der Waals surface area contributed by atoms with Crippen molar-refractivity contribution < 1.29 is 9.53 Å². The number of anilines is 1. The first-order chi connectivity index (χ1) is 9.56. The van der Waals surface area contributed by atoms with Crippen LogP contribution in [-0.2, 0) is 4.79 Å². The summed E-state index contributed by atoms with van der Waals surface area (Å²) in [6, 6.07) is 15.1. The van der Waals surface area contributed by atoms with Crippen LogP contribution < -0.4 is 10.1 Å². The van der Waals surface area contributed by atoms with Crippen LogP contribution in [0.5, 0.6) is 5.75 Å². The molecule has 0 bridgehead atoms. The molecular formula is C16H16BrNO2. The van der Waals surface area contributed by atoms with Gasteiger partial charge in [0.05, 0.1) is 0 Å². The number of carbonyl (C=O) groups excluding carboxylic acids is 1. The summed E-state index contributed by atoms with van der Waals surface area (Å²) in [4.78, 5) is 12.1. The van der Waals surface area contributed by atoms with E-state index in [2.05, 4.69) is 21.2 Å². The summed E-state index contributed by atoms with van der Waals surface area (Å²) in [7, 11) is 0. The molecule has 2 aromatic carbocycles. The molecule has 1 atom stereocenters. The molecule has 1 amide bonds. The first-order valence-electron chi connectivity index (χ1n) is 6.35. The Morgan fingerprint density at radius 2 is 1.95 bits per heavy atom. The molecular weight excluding hydrogens is 318 g/mol. The third-order valence-electron chi connectivity index (χ3n) is 2.86. The highest BCUT2D eigenvalue weighted by Gasteiger charge is 2.15. The SMILES string of the molecule is Cc1ccccc1O[C@H](C)C(=O)Nc1cccc(Br)c1. The fraction of sp³-hybridized carbons (Fsp3) is 0.188. The quantitative estimate of drug-likeness (QED) is 0.912. The van der Waals surface area contributed by atoms with Gasteiger partial charge in [0.15, 0.2) is 6.10 Å². The van der Waals surface area contributed by atoms with Crippen LogP contribution in [0.2, 0.25) is 0 Å². The normalized spacial score (nSPS) is 11.8. The van der Waals surface area contributed by atoms with Gasteiger partial charge < -0.3 is 10.1 Å². The minimum Gasteiger partial charge on any atom is -0.481 e. The van der Waals surface area contributed by atoms with Crippen molar-refractivity contribution in [3.05, 3.63) is 58.6 Å². The second kappa shape index (κ2) is 6.57. The third-order valence-corrected chi connectivity index (χ3v) is 3.35. The van der Waals surface area contributed by atoms with Gasteiger partial charge in [-0.05, 0) is 43.7 Å². The van der Waals surface area contributed by atoms with Crippen molar-refractivity contribution in [2.24, 2.45) is 0 Å². The van der Waals surface area contributed by atoms with Crippen molar-refractivity contribution in [1.82, 2.24) is 0 Å². The summed E-state index contributed by atoms with van der Waals surface area (Å²) < 4.78 is 6.60. The van der Waals surface area contributed by atoms with Gasteiger partial charge in [-0.2, -0.15) is 0 Å². The van der Waals surface area contributed by atoms with Gasteiger partial charge in [-0.25, -0.2) is 0 Å². The molecule has 0 aliphatic carbocycles. The van der Waals surface area contributed by atoms with Crippen molar-refractivity contribution in [3.63, 3.8) is 0 Å². The van der Waals surface area contributed by atoms with E-state index in [4.69, 9.17) is 4.74 Å². The smallest absolute Gasteiger partial charge is 0.265 e. The van der Waals surface area contributed by atoms with Gasteiger partial charge >= 0.3 is 0 Å². The Bertz CT molecular complexity index is 613. The van der Waals surface area contributed by atoms with Crippen molar-refractivity contribution >= 4 is 27.5 Å². The second-order valence-electron chi connectivity index (χ2n) is 4.53. The van der Waals surface area contributed by atoms with Crippen molar-refractivity contribution in [3.8, 4) is 5.75 Å². The van der Waals surface area contributed by atoms with E-state index in [9.17, 15) is 4.79 Å². The molecule has 2 aromatic rings. The molecule has 0 aliphatic rings. The largest absolute Gasteiger partial charge is 0.481 e. The van der Waals surface area contributed by atoms with Crippen molar-refractivity contribution in [2.45, 2.75) is 20.0 Å². The molecule has 0 aromatic heterocycles. The first kappa shape index (κ1) is 14.6. The first-order valence-corrected chi connectivity index (χ1v) is 7.14. The Hall–Kier alpha value is -1.81. The van der Waals surface area contributed by atoms with Gasteiger partial charge in [0, 0.05) is 10.2 Å². The summed E-state index contributed by atoms with van der Waals surface area (Å²) in [6.07, 6.45) is -0.560. The average molecular weight is 334 g/mol. The van der Waals surface area contributed by atoms with Crippen molar-refractivity contribution in [2.75, 3.05) is 5.32 Å². The number of rotatable bonds is 4. The van der Waals surface area contributed by atoms with Gasteiger partial charge in [-0.3, -0.25) is 4.79 Å². The van der Waals surface area contributed by atoms with Crippen LogP contribution in [0.3, 0.4) is 0 Å². The molecule has 0 saturated heterocycles. The van der Waals surface area contributed by atoms with E-state index in [1.165, 1.54) is 0 Å². The zero-order valence-corrected chi connectivity index (χ0v) is 13.0. The number of hydrogen-bond donors (Lipinski definition) is 1. The fourth-order valence-corrected chi connectivity index (χ4v) is 2.14. The lowest BCUT2D eigenvalue weighted by Crippen LogP contribution is -2.30. The molecule has 0 heterocycles. The Balaban J connectivity index is 2.01. The average Bonchev–Trinajstić information content (AvgIpc) is 2.41. The predicted octanol–water partition coefficient (Wildman–Crippen LogP) is 4.16. The van der Waals surface area contributed by atoms with Crippen LogP contribution in [0.15, 0.2) is 53.0 Å². The topological polar surface area (TPSA) is 38.3 Å². The van der Waals surface area contributed by atoms with Crippen LogP contribution in [-0.4, -0.2) is 12.0 Å². The van der Waals surface area contributed by atoms with Crippen LogP contribution in [0, 0.1) is 6.92 Å². The molecule has 0 fully saturated rings. The minimum absolute atomic E-state index is 0.175. The molecule has 1 N–H and O–H groups in total. The third kappa shape index (κ3) is 3.84. The summed E-state index contributed by atoms with van der Waals surface area (Å²) in [5.41, 5.74) is 1.75. The standard InChI is InChI=1S/C16H16BrNO2/c1-11-6-3-4-9-15(11)20-12(2)16(19)18-14-8-5-7-13(17)10-14/h3-10,12H,1-2H3,(H,18,19)/t12-/m1/s1. The highest BCUT2D eigenvalue weighted by Crippen LogP contribution is 2.19. The van der Waals surface area contributed by atoms with Gasteiger partial charge in [0.2, 0.25) is 0 Å². The Morgan fingerprint density at radius 3 is 2.65 bits per heavy atom. The Morgan fingerprint density at radius 1 is 1.20 bits per heavy atom. The second-order valence-corrected chi connectivity index (χ2v) is 5.44. The molecule has 20 heavy (non-hydrogen) atoms. The number of benzene rings is 2. The maximum absolute atomic E-state index is 12.1. The van der Waals surface area contributed by atoms with E-state index in [1.54, 1.807) is 6.92 Å². The van der Waals surface area contributed by atoms with E-state index in [0.717, 1.165) is 21.5 Å². The number of ether oxygens (including phenoxy) is 1. The lowest BCUT2D eigenvalue weighted by atomic mass is 10.2. The van der Waals surface area contributed by atoms with E-state index >= 15 is 0 Å². The number of hydrogen-bond acceptors (Lipinski definition) is 2. The van der Waals surface area contributed by atoms with Crippen LogP contribution in [0.25, 0.3) is 0 Å².